The van der Waals surface area contributed by atoms with Crippen LogP contribution in [-0.4, -0.2) is 43.2 Å². The van der Waals surface area contributed by atoms with Gasteiger partial charge in [-0.2, -0.15) is 0 Å². The highest BCUT2D eigenvalue weighted by molar-refractivity contribution is 5.81. The summed E-state index contributed by atoms with van der Waals surface area (Å²) in [7, 11) is 1.73. The predicted molar refractivity (Wildman–Crippen MR) is 67.6 cm³/mol. The molecule has 4 nitrogen and oxygen atoms in total. The first-order chi connectivity index (χ1) is 7.70. The third kappa shape index (κ3) is 2.67. The quantitative estimate of drug-likeness (QED) is 0.719. The summed E-state index contributed by atoms with van der Waals surface area (Å²) in [5, 5.41) is 0. The largest absolute Gasteiger partial charge is 0.383 e. The third-order valence-electron chi connectivity index (χ3n) is 3.56. The van der Waals surface area contributed by atoms with Crippen molar-refractivity contribution in [2.24, 2.45) is 10.7 Å². The highest BCUT2D eigenvalue weighted by atomic mass is 16.5. The second kappa shape index (κ2) is 6.09. The number of aliphatic imine (C=N–C) groups is 1. The fourth-order valence-electron chi connectivity index (χ4n) is 2.38. The molecule has 0 radical (unpaired) electrons. The highest BCUT2D eigenvalue weighted by Gasteiger charge is 2.39. The van der Waals surface area contributed by atoms with Gasteiger partial charge in [0.25, 0.3) is 0 Å². The summed E-state index contributed by atoms with van der Waals surface area (Å²) in [6.45, 7) is 6.86. The van der Waals surface area contributed by atoms with Gasteiger partial charge in [0.15, 0.2) is 5.96 Å². The van der Waals surface area contributed by atoms with Gasteiger partial charge < -0.3 is 15.4 Å². The smallest absolute Gasteiger partial charge is 0.191 e. The molecule has 1 unspecified atom stereocenters. The molecule has 94 valence electrons. The molecule has 1 atom stereocenters. The number of methoxy groups -OCH3 is 1. The molecular weight excluding hydrogens is 202 g/mol. The van der Waals surface area contributed by atoms with Crippen molar-refractivity contribution in [2.75, 3.05) is 26.8 Å². The van der Waals surface area contributed by atoms with Crippen molar-refractivity contribution in [3.63, 3.8) is 0 Å². The van der Waals surface area contributed by atoms with E-state index in [4.69, 9.17) is 10.5 Å². The molecule has 16 heavy (non-hydrogen) atoms. The molecular formula is C12H25N3O. The maximum absolute atomic E-state index is 5.96. The van der Waals surface area contributed by atoms with Crippen molar-refractivity contribution in [2.45, 2.75) is 45.1 Å². The number of ether oxygens (including phenoxy) is 1. The van der Waals surface area contributed by atoms with Gasteiger partial charge in [0, 0.05) is 13.7 Å². The van der Waals surface area contributed by atoms with E-state index < -0.39 is 0 Å². The summed E-state index contributed by atoms with van der Waals surface area (Å²) in [6.07, 6.45) is 4.73. The third-order valence-corrected chi connectivity index (χ3v) is 3.56. The van der Waals surface area contributed by atoms with Crippen LogP contribution in [0.25, 0.3) is 0 Å². The molecule has 0 aromatic heterocycles. The molecule has 0 aromatic rings. The molecule has 0 aliphatic carbocycles. The lowest BCUT2D eigenvalue weighted by molar-refractivity contribution is 0.118. The van der Waals surface area contributed by atoms with Crippen LogP contribution in [0.1, 0.15) is 39.5 Å². The summed E-state index contributed by atoms with van der Waals surface area (Å²) in [6, 6.07) is 0. The van der Waals surface area contributed by atoms with Gasteiger partial charge in [-0.15, -0.1) is 0 Å². The Kier molecular flexibility index (Phi) is 5.06. The molecule has 1 aliphatic heterocycles. The Morgan fingerprint density at radius 3 is 2.81 bits per heavy atom. The van der Waals surface area contributed by atoms with Crippen LogP contribution >= 0.6 is 0 Å². The fourth-order valence-corrected chi connectivity index (χ4v) is 2.38. The first-order valence-corrected chi connectivity index (χ1v) is 6.26. The molecule has 0 saturated heterocycles. The first-order valence-electron chi connectivity index (χ1n) is 6.26. The van der Waals surface area contributed by atoms with Crippen molar-refractivity contribution >= 4 is 5.96 Å². The zero-order valence-electron chi connectivity index (χ0n) is 10.8. The monoisotopic (exact) mass is 227 g/mol. The Bertz CT molecular complexity index is 242. The molecule has 0 saturated carbocycles. The Morgan fingerprint density at radius 2 is 2.25 bits per heavy atom. The van der Waals surface area contributed by atoms with E-state index in [1.807, 2.05) is 0 Å². The van der Waals surface area contributed by atoms with Crippen LogP contribution in [0.2, 0.25) is 0 Å². The van der Waals surface area contributed by atoms with E-state index in [-0.39, 0.29) is 5.54 Å². The van der Waals surface area contributed by atoms with E-state index in [1.165, 1.54) is 19.3 Å². The molecule has 0 bridgehead atoms. The van der Waals surface area contributed by atoms with E-state index in [2.05, 4.69) is 23.7 Å². The van der Waals surface area contributed by atoms with Crippen molar-refractivity contribution in [1.29, 1.82) is 0 Å². The average molecular weight is 227 g/mol. The summed E-state index contributed by atoms with van der Waals surface area (Å²) in [5.41, 5.74) is 6.11. The number of nitrogens with two attached hydrogens (primary N) is 1. The molecule has 1 heterocycles. The zero-order valence-corrected chi connectivity index (χ0v) is 10.8. The summed E-state index contributed by atoms with van der Waals surface area (Å²) >= 11 is 0. The van der Waals surface area contributed by atoms with Gasteiger partial charge in [-0.3, -0.25) is 4.99 Å². The van der Waals surface area contributed by atoms with Gasteiger partial charge in [-0.1, -0.05) is 26.7 Å². The summed E-state index contributed by atoms with van der Waals surface area (Å²) in [5.74, 6) is 0.690. The van der Waals surface area contributed by atoms with Crippen LogP contribution in [0.5, 0.6) is 0 Å². The van der Waals surface area contributed by atoms with Gasteiger partial charge in [0.05, 0.1) is 18.7 Å². The molecule has 0 amide bonds. The number of guanidine groups is 1. The fraction of sp³-hybridized carbons (Fsp3) is 0.917. The standard InChI is InChI=1S/C12H25N3O/c1-4-6-7-12(5-2)10-14-11(13)15(12)8-9-16-3/h4-10H2,1-3H3,(H2,13,14). The molecule has 1 rings (SSSR count). The highest BCUT2D eigenvalue weighted by Crippen LogP contribution is 2.30. The van der Waals surface area contributed by atoms with Crippen molar-refractivity contribution in [1.82, 2.24) is 4.90 Å². The lowest BCUT2D eigenvalue weighted by Gasteiger charge is -2.38. The second-order valence-electron chi connectivity index (χ2n) is 4.50. The van der Waals surface area contributed by atoms with Crippen LogP contribution in [0.4, 0.5) is 0 Å². The van der Waals surface area contributed by atoms with Crippen molar-refractivity contribution in [3.05, 3.63) is 0 Å². The number of nitrogens with zero attached hydrogens (tertiary/aromatic N) is 2. The molecule has 4 heteroatoms. The minimum absolute atomic E-state index is 0.151. The van der Waals surface area contributed by atoms with E-state index in [0.717, 1.165) is 19.5 Å². The number of rotatable bonds is 7. The van der Waals surface area contributed by atoms with Crippen molar-refractivity contribution in [3.8, 4) is 0 Å². The van der Waals surface area contributed by atoms with E-state index >= 15 is 0 Å². The van der Waals surface area contributed by atoms with E-state index in [9.17, 15) is 0 Å². The summed E-state index contributed by atoms with van der Waals surface area (Å²) in [4.78, 5) is 6.65. The number of unbranched alkanes of at least 4 members (excludes halogenated alkanes) is 1. The lowest BCUT2D eigenvalue weighted by Crippen LogP contribution is -2.52. The summed E-state index contributed by atoms with van der Waals surface area (Å²) < 4.78 is 5.14. The second-order valence-corrected chi connectivity index (χ2v) is 4.50. The van der Waals surface area contributed by atoms with Gasteiger partial charge in [0.1, 0.15) is 0 Å². The number of hydrogen-bond acceptors (Lipinski definition) is 4. The minimum atomic E-state index is 0.151. The van der Waals surface area contributed by atoms with Gasteiger partial charge >= 0.3 is 0 Å². The van der Waals surface area contributed by atoms with Crippen LogP contribution < -0.4 is 5.73 Å². The topological polar surface area (TPSA) is 50.8 Å². The van der Waals surface area contributed by atoms with E-state index in [1.54, 1.807) is 7.11 Å². The lowest BCUT2D eigenvalue weighted by atomic mass is 9.89. The normalized spacial score (nSPS) is 24.9. The molecule has 2 N–H and O–H groups in total. The molecule has 0 fully saturated rings. The van der Waals surface area contributed by atoms with Gasteiger partial charge in [-0.05, 0) is 12.8 Å². The van der Waals surface area contributed by atoms with Gasteiger partial charge in [-0.25, -0.2) is 0 Å². The minimum Gasteiger partial charge on any atom is -0.383 e. The van der Waals surface area contributed by atoms with E-state index in [0.29, 0.717) is 12.6 Å². The van der Waals surface area contributed by atoms with Crippen LogP contribution in [0, 0.1) is 0 Å². The number of hydrogen-bond donors (Lipinski definition) is 1. The van der Waals surface area contributed by atoms with Gasteiger partial charge in [0.2, 0.25) is 0 Å². The average Bonchev–Trinajstić information content (AvgIpc) is 2.62. The molecule has 1 aliphatic rings. The zero-order chi connectivity index (χ0) is 12.0. The Morgan fingerprint density at radius 1 is 1.50 bits per heavy atom. The van der Waals surface area contributed by atoms with Crippen LogP contribution in [-0.2, 0) is 4.74 Å². The first kappa shape index (κ1) is 13.3. The predicted octanol–water partition coefficient (Wildman–Crippen LogP) is 1.60. The maximum atomic E-state index is 5.96. The van der Waals surface area contributed by atoms with Crippen LogP contribution in [0.15, 0.2) is 4.99 Å². The van der Waals surface area contributed by atoms with Crippen molar-refractivity contribution < 1.29 is 4.74 Å². The Hall–Kier alpha value is -0.770. The Labute approximate surface area is 98.9 Å². The SMILES string of the molecule is CCCCC1(CC)CN=C(N)N1CCOC. The molecule has 0 aromatic carbocycles. The Balaban J connectivity index is 2.67. The maximum Gasteiger partial charge on any atom is 0.191 e. The molecule has 0 spiro atoms. The van der Waals surface area contributed by atoms with Crippen LogP contribution in [0.3, 0.4) is 0 Å².